The van der Waals surface area contributed by atoms with Crippen LogP contribution >= 0.6 is 0 Å². The normalized spacial score (nSPS) is 12.0. The molecule has 1 aromatic carbocycles. The van der Waals surface area contributed by atoms with E-state index in [2.05, 4.69) is 35.3 Å². The van der Waals surface area contributed by atoms with Crippen molar-refractivity contribution >= 4 is 16.6 Å². The lowest BCUT2D eigenvalue weighted by Crippen LogP contribution is -2.15. The maximum atomic E-state index is 5.29. The zero-order valence-electron chi connectivity index (χ0n) is 9.27. The van der Waals surface area contributed by atoms with Crippen LogP contribution in [0.25, 0.3) is 10.8 Å². The predicted octanol–water partition coefficient (Wildman–Crippen LogP) is 3.06. The molecule has 80 valence electrons. The minimum atomic E-state index is 0.239. The third kappa shape index (κ3) is 2.14. The Bertz CT molecular complexity index is 520. The summed E-state index contributed by atoms with van der Waals surface area (Å²) in [6.07, 6.45) is 7.80. The largest absolute Gasteiger partial charge is 0.366 e. The standard InChI is InChI=1S/C14H14N2/c1-3-6-11(2)16-14-13-8-5-4-7-12(13)9-10-15-14/h1,4-5,7-11H,6H2,2H3,(H,15,16). The number of pyridine rings is 1. The minimum absolute atomic E-state index is 0.239. The first kappa shape index (κ1) is 10.5. The lowest BCUT2D eigenvalue weighted by Gasteiger charge is -2.13. The van der Waals surface area contributed by atoms with Crippen molar-refractivity contribution in [1.82, 2.24) is 4.98 Å². The van der Waals surface area contributed by atoms with Crippen molar-refractivity contribution in [3.63, 3.8) is 0 Å². The van der Waals surface area contributed by atoms with Crippen molar-refractivity contribution in [2.75, 3.05) is 5.32 Å². The second-order valence-electron chi connectivity index (χ2n) is 3.83. The number of fused-ring (bicyclic) bond motifs is 1. The van der Waals surface area contributed by atoms with E-state index in [4.69, 9.17) is 6.42 Å². The smallest absolute Gasteiger partial charge is 0.134 e. The van der Waals surface area contributed by atoms with Gasteiger partial charge in [0.05, 0.1) is 0 Å². The van der Waals surface area contributed by atoms with E-state index in [1.807, 2.05) is 24.4 Å². The predicted molar refractivity (Wildman–Crippen MR) is 68.3 cm³/mol. The van der Waals surface area contributed by atoms with Crippen molar-refractivity contribution < 1.29 is 0 Å². The Morgan fingerprint density at radius 3 is 3.00 bits per heavy atom. The number of hydrogen-bond donors (Lipinski definition) is 1. The molecule has 2 nitrogen and oxygen atoms in total. The van der Waals surface area contributed by atoms with Gasteiger partial charge in [-0.15, -0.1) is 12.3 Å². The average Bonchev–Trinajstić information content (AvgIpc) is 2.30. The van der Waals surface area contributed by atoms with Gasteiger partial charge in [-0.25, -0.2) is 4.98 Å². The van der Waals surface area contributed by atoms with Gasteiger partial charge in [0.2, 0.25) is 0 Å². The van der Waals surface area contributed by atoms with E-state index in [0.717, 1.165) is 11.2 Å². The fraction of sp³-hybridized carbons (Fsp3) is 0.214. The van der Waals surface area contributed by atoms with Crippen molar-refractivity contribution in [1.29, 1.82) is 0 Å². The van der Waals surface area contributed by atoms with E-state index < -0.39 is 0 Å². The molecule has 0 fully saturated rings. The van der Waals surface area contributed by atoms with Gasteiger partial charge in [0.25, 0.3) is 0 Å². The highest BCUT2D eigenvalue weighted by molar-refractivity contribution is 5.91. The van der Waals surface area contributed by atoms with Crippen LogP contribution < -0.4 is 5.32 Å². The van der Waals surface area contributed by atoms with E-state index in [1.165, 1.54) is 5.39 Å². The first-order valence-electron chi connectivity index (χ1n) is 5.35. The number of anilines is 1. The molecule has 0 saturated carbocycles. The molecule has 2 aromatic rings. The van der Waals surface area contributed by atoms with E-state index in [1.54, 1.807) is 0 Å². The Kier molecular flexibility index (Phi) is 3.07. The summed E-state index contributed by atoms with van der Waals surface area (Å²) in [5.74, 6) is 3.55. The second kappa shape index (κ2) is 4.67. The summed E-state index contributed by atoms with van der Waals surface area (Å²) in [5, 5.41) is 5.65. The van der Waals surface area contributed by atoms with Gasteiger partial charge in [0.1, 0.15) is 5.82 Å². The lowest BCUT2D eigenvalue weighted by atomic mass is 10.1. The van der Waals surface area contributed by atoms with Crippen molar-refractivity contribution in [2.45, 2.75) is 19.4 Å². The highest BCUT2D eigenvalue weighted by Crippen LogP contribution is 2.21. The number of hydrogen-bond acceptors (Lipinski definition) is 2. The molecule has 2 rings (SSSR count). The van der Waals surface area contributed by atoms with Crippen LogP contribution in [0.15, 0.2) is 36.5 Å². The molecule has 0 aliphatic rings. The minimum Gasteiger partial charge on any atom is -0.366 e. The van der Waals surface area contributed by atoms with E-state index in [-0.39, 0.29) is 6.04 Å². The van der Waals surface area contributed by atoms with Gasteiger partial charge in [0.15, 0.2) is 0 Å². The van der Waals surface area contributed by atoms with Crippen LogP contribution in [0.5, 0.6) is 0 Å². The van der Waals surface area contributed by atoms with Crippen LogP contribution in [0.3, 0.4) is 0 Å². The molecule has 0 spiro atoms. The summed E-state index contributed by atoms with van der Waals surface area (Å²) in [7, 11) is 0. The zero-order chi connectivity index (χ0) is 11.4. The summed E-state index contributed by atoms with van der Waals surface area (Å²) in [6.45, 7) is 2.06. The second-order valence-corrected chi connectivity index (χ2v) is 3.83. The molecule has 1 aromatic heterocycles. The summed E-state index contributed by atoms with van der Waals surface area (Å²) < 4.78 is 0. The maximum absolute atomic E-state index is 5.29. The van der Waals surface area contributed by atoms with Gasteiger partial charge in [-0.3, -0.25) is 0 Å². The summed E-state index contributed by atoms with van der Waals surface area (Å²) >= 11 is 0. The first-order valence-corrected chi connectivity index (χ1v) is 5.35. The van der Waals surface area contributed by atoms with E-state index >= 15 is 0 Å². The highest BCUT2D eigenvalue weighted by atomic mass is 15.0. The summed E-state index contributed by atoms with van der Waals surface area (Å²) in [4.78, 5) is 4.35. The fourth-order valence-electron chi connectivity index (χ4n) is 1.70. The van der Waals surface area contributed by atoms with Gasteiger partial charge < -0.3 is 5.32 Å². The van der Waals surface area contributed by atoms with Gasteiger partial charge in [-0.2, -0.15) is 0 Å². The van der Waals surface area contributed by atoms with Crippen LogP contribution in [0.2, 0.25) is 0 Å². The Labute approximate surface area is 95.7 Å². The van der Waals surface area contributed by atoms with Gasteiger partial charge >= 0.3 is 0 Å². The van der Waals surface area contributed by atoms with Crippen molar-refractivity contribution in [2.24, 2.45) is 0 Å². The fourth-order valence-corrected chi connectivity index (χ4v) is 1.70. The zero-order valence-corrected chi connectivity index (χ0v) is 9.27. The molecule has 1 heterocycles. The average molecular weight is 210 g/mol. The van der Waals surface area contributed by atoms with Crippen molar-refractivity contribution in [3.8, 4) is 12.3 Å². The van der Waals surface area contributed by atoms with E-state index in [9.17, 15) is 0 Å². The molecular formula is C14H14N2. The third-order valence-corrected chi connectivity index (χ3v) is 2.48. The highest BCUT2D eigenvalue weighted by Gasteiger charge is 2.04. The van der Waals surface area contributed by atoms with E-state index in [0.29, 0.717) is 6.42 Å². The number of nitrogens with one attached hydrogen (secondary N) is 1. The van der Waals surface area contributed by atoms with Gasteiger partial charge in [-0.1, -0.05) is 24.3 Å². The van der Waals surface area contributed by atoms with Crippen LogP contribution in [0, 0.1) is 12.3 Å². The summed E-state index contributed by atoms with van der Waals surface area (Å²) in [5.41, 5.74) is 0. The molecule has 0 saturated heterocycles. The topological polar surface area (TPSA) is 24.9 Å². The molecule has 0 aliphatic heterocycles. The van der Waals surface area contributed by atoms with Crippen LogP contribution in [-0.2, 0) is 0 Å². The molecular weight excluding hydrogens is 196 g/mol. The summed E-state index contributed by atoms with van der Waals surface area (Å²) in [6, 6.07) is 10.4. The Morgan fingerprint density at radius 2 is 2.19 bits per heavy atom. The molecule has 0 bridgehead atoms. The lowest BCUT2D eigenvalue weighted by molar-refractivity contribution is 0.824. The van der Waals surface area contributed by atoms with Gasteiger partial charge in [-0.05, 0) is 18.4 Å². The number of benzene rings is 1. The van der Waals surface area contributed by atoms with Crippen LogP contribution in [-0.4, -0.2) is 11.0 Å². The Balaban J connectivity index is 2.34. The number of aromatic nitrogens is 1. The molecule has 2 heteroatoms. The number of rotatable bonds is 3. The third-order valence-electron chi connectivity index (χ3n) is 2.48. The van der Waals surface area contributed by atoms with Crippen LogP contribution in [0.1, 0.15) is 13.3 Å². The van der Waals surface area contributed by atoms with Gasteiger partial charge in [0, 0.05) is 24.0 Å². The molecule has 0 amide bonds. The Morgan fingerprint density at radius 1 is 1.38 bits per heavy atom. The molecule has 0 aliphatic carbocycles. The monoisotopic (exact) mass is 210 g/mol. The Hall–Kier alpha value is -2.01. The maximum Gasteiger partial charge on any atom is 0.134 e. The molecule has 0 radical (unpaired) electrons. The van der Waals surface area contributed by atoms with Crippen LogP contribution in [0.4, 0.5) is 5.82 Å². The molecule has 1 unspecified atom stereocenters. The number of terminal acetylenes is 1. The van der Waals surface area contributed by atoms with Crippen molar-refractivity contribution in [3.05, 3.63) is 36.5 Å². The first-order chi connectivity index (χ1) is 7.81. The SMILES string of the molecule is C#CCC(C)Nc1nccc2ccccc12. The molecule has 1 atom stereocenters. The quantitative estimate of drug-likeness (QED) is 0.787. The number of nitrogens with zero attached hydrogens (tertiary/aromatic N) is 1. The molecule has 16 heavy (non-hydrogen) atoms. The molecule has 1 N–H and O–H groups in total.